The summed E-state index contributed by atoms with van der Waals surface area (Å²) in [6.07, 6.45) is 1.46. The van der Waals surface area contributed by atoms with Crippen molar-refractivity contribution in [1.29, 1.82) is 0 Å². The van der Waals surface area contributed by atoms with E-state index >= 15 is 0 Å². The number of benzene rings is 3. The summed E-state index contributed by atoms with van der Waals surface area (Å²) in [7, 11) is 1.46. The van der Waals surface area contributed by atoms with Crippen LogP contribution < -0.4 is 14.9 Å². The average molecular weight is 455 g/mol. The van der Waals surface area contributed by atoms with Crippen LogP contribution in [0.5, 0.6) is 17.2 Å². The van der Waals surface area contributed by atoms with Gasteiger partial charge in [0.25, 0.3) is 5.91 Å². The summed E-state index contributed by atoms with van der Waals surface area (Å²) in [5, 5.41) is 13.8. The first-order chi connectivity index (χ1) is 14.1. The number of carbonyl (C=O) groups is 1. The molecule has 0 spiro atoms. The molecule has 0 aromatic heterocycles. The molecule has 0 radical (unpaired) electrons. The summed E-state index contributed by atoms with van der Waals surface area (Å²) in [6.45, 7) is 0.461. The molecule has 3 rings (SSSR count). The number of halogens is 1. The van der Waals surface area contributed by atoms with E-state index in [0.717, 1.165) is 5.56 Å². The first kappa shape index (κ1) is 20.4. The van der Waals surface area contributed by atoms with Gasteiger partial charge in [0.2, 0.25) is 0 Å². The third kappa shape index (κ3) is 5.58. The third-order valence-electron chi connectivity index (χ3n) is 4.02. The second kappa shape index (κ2) is 9.75. The number of hydrazone groups is 1. The van der Waals surface area contributed by atoms with Gasteiger partial charge in [-0.15, -0.1) is 0 Å². The van der Waals surface area contributed by atoms with E-state index in [-0.39, 0.29) is 11.7 Å². The molecule has 29 heavy (non-hydrogen) atoms. The van der Waals surface area contributed by atoms with Crippen molar-refractivity contribution in [2.75, 3.05) is 7.11 Å². The average Bonchev–Trinajstić information content (AvgIpc) is 2.75. The molecule has 0 aliphatic carbocycles. The summed E-state index contributed by atoms with van der Waals surface area (Å²) < 4.78 is 11.3. The molecule has 7 heteroatoms. The van der Waals surface area contributed by atoms with Crippen molar-refractivity contribution in [2.45, 2.75) is 6.61 Å². The maximum absolute atomic E-state index is 12.2. The minimum atomic E-state index is -0.347. The maximum Gasteiger partial charge on any atom is 0.271 e. The van der Waals surface area contributed by atoms with Crippen LogP contribution in [0.15, 0.2) is 76.3 Å². The molecule has 0 bridgehead atoms. The Morgan fingerprint density at radius 2 is 1.86 bits per heavy atom. The van der Waals surface area contributed by atoms with E-state index in [2.05, 4.69) is 26.5 Å². The number of rotatable bonds is 7. The molecule has 0 saturated heterocycles. The first-order valence-electron chi connectivity index (χ1n) is 8.73. The summed E-state index contributed by atoms with van der Waals surface area (Å²) in [4.78, 5) is 12.2. The second-order valence-electron chi connectivity index (χ2n) is 6.05. The third-order valence-corrected chi connectivity index (χ3v) is 4.62. The molecule has 0 atom stereocenters. The molecular formula is C22H19BrN2O4. The van der Waals surface area contributed by atoms with Crippen LogP contribution in [-0.4, -0.2) is 24.3 Å². The molecule has 0 heterocycles. The van der Waals surface area contributed by atoms with Crippen LogP contribution in [0.2, 0.25) is 0 Å². The molecule has 2 N–H and O–H groups in total. The number of phenolic OH excluding ortho intramolecular Hbond substituents is 1. The fourth-order valence-corrected chi connectivity index (χ4v) is 2.96. The fraction of sp³-hybridized carbons (Fsp3) is 0.0909. The van der Waals surface area contributed by atoms with Gasteiger partial charge in [0, 0.05) is 5.56 Å². The summed E-state index contributed by atoms with van der Waals surface area (Å²) in [6, 6.07) is 19.9. The number of methoxy groups -OCH3 is 1. The van der Waals surface area contributed by atoms with Crippen molar-refractivity contribution in [3.63, 3.8) is 0 Å². The highest BCUT2D eigenvalue weighted by Gasteiger charge is 2.08. The first-order valence-corrected chi connectivity index (χ1v) is 9.53. The molecule has 148 valence electrons. The van der Waals surface area contributed by atoms with E-state index in [4.69, 9.17) is 9.47 Å². The molecule has 3 aromatic carbocycles. The van der Waals surface area contributed by atoms with Crippen LogP contribution >= 0.6 is 15.9 Å². The Morgan fingerprint density at radius 3 is 2.55 bits per heavy atom. The summed E-state index contributed by atoms with van der Waals surface area (Å²) >= 11 is 3.24. The minimum absolute atomic E-state index is 0.00302. The van der Waals surface area contributed by atoms with Crippen LogP contribution in [0.1, 0.15) is 21.5 Å². The van der Waals surface area contributed by atoms with E-state index < -0.39 is 0 Å². The van der Waals surface area contributed by atoms with Gasteiger partial charge >= 0.3 is 0 Å². The van der Waals surface area contributed by atoms with Gasteiger partial charge in [-0.2, -0.15) is 5.10 Å². The van der Waals surface area contributed by atoms with Crippen LogP contribution in [0.3, 0.4) is 0 Å². The zero-order valence-electron chi connectivity index (χ0n) is 15.6. The Hall–Kier alpha value is -3.32. The van der Waals surface area contributed by atoms with Crippen molar-refractivity contribution in [1.82, 2.24) is 5.43 Å². The molecule has 6 nitrogen and oxygen atoms in total. The number of hydrogen-bond donors (Lipinski definition) is 2. The molecule has 0 saturated carbocycles. The van der Waals surface area contributed by atoms with E-state index in [1.807, 2.05) is 30.3 Å². The lowest BCUT2D eigenvalue weighted by Crippen LogP contribution is -2.17. The van der Waals surface area contributed by atoms with E-state index in [1.165, 1.54) is 13.3 Å². The molecule has 0 aliphatic rings. The van der Waals surface area contributed by atoms with Crippen LogP contribution in [0.25, 0.3) is 0 Å². The Bertz CT molecular complexity index is 1010. The molecule has 0 aliphatic heterocycles. The Balaban J connectivity index is 1.57. The number of ether oxygens (including phenoxy) is 2. The monoisotopic (exact) mass is 454 g/mol. The number of nitrogens with one attached hydrogen (secondary N) is 1. The Labute approximate surface area is 176 Å². The highest BCUT2D eigenvalue weighted by atomic mass is 79.9. The van der Waals surface area contributed by atoms with Crippen LogP contribution in [-0.2, 0) is 6.61 Å². The standard InChI is InChI=1S/C22H19BrN2O4/c1-28-20-12-16(11-19(23)21(20)26)13-24-25-22(27)17-7-9-18(10-8-17)29-14-15-5-3-2-4-6-15/h2-13,26H,14H2,1H3,(H,25,27)/b24-13+. The molecular weight excluding hydrogens is 436 g/mol. The zero-order valence-corrected chi connectivity index (χ0v) is 17.2. The predicted octanol–water partition coefficient (Wildman–Crippen LogP) is 4.51. The van der Waals surface area contributed by atoms with Crippen molar-refractivity contribution >= 4 is 28.1 Å². The van der Waals surface area contributed by atoms with E-state index in [0.29, 0.717) is 33.7 Å². The van der Waals surface area contributed by atoms with Crippen molar-refractivity contribution < 1.29 is 19.4 Å². The van der Waals surface area contributed by atoms with Gasteiger partial charge < -0.3 is 14.6 Å². The molecule has 3 aromatic rings. The number of phenols is 1. The normalized spacial score (nSPS) is 10.7. The Morgan fingerprint density at radius 1 is 1.14 bits per heavy atom. The van der Waals surface area contributed by atoms with Crippen LogP contribution in [0, 0.1) is 0 Å². The Kier molecular flexibility index (Phi) is 6.86. The lowest BCUT2D eigenvalue weighted by Gasteiger charge is -2.07. The molecule has 0 fully saturated rings. The van der Waals surface area contributed by atoms with Gasteiger partial charge in [0.05, 0.1) is 17.8 Å². The summed E-state index contributed by atoms with van der Waals surface area (Å²) in [5.74, 6) is 0.636. The number of hydrogen-bond acceptors (Lipinski definition) is 5. The van der Waals surface area contributed by atoms with Gasteiger partial charge in [-0.05, 0) is 63.5 Å². The number of nitrogens with zero attached hydrogens (tertiary/aromatic N) is 1. The van der Waals surface area contributed by atoms with Crippen molar-refractivity contribution in [3.8, 4) is 17.2 Å². The van der Waals surface area contributed by atoms with Gasteiger partial charge in [-0.1, -0.05) is 30.3 Å². The van der Waals surface area contributed by atoms with E-state index in [1.54, 1.807) is 36.4 Å². The molecule has 1 amide bonds. The molecule has 0 unspecified atom stereocenters. The van der Waals surface area contributed by atoms with Gasteiger partial charge in [0.1, 0.15) is 12.4 Å². The second-order valence-corrected chi connectivity index (χ2v) is 6.91. The van der Waals surface area contributed by atoms with Gasteiger partial charge in [0.15, 0.2) is 11.5 Å². The van der Waals surface area contributed by atoms with Crippen molar-refractivity contribution in [3.05, 3.63) is 87.9 Å². The quantitative estimate of drug-likeness (QED) is 0.406. The van der Waals surface area contributed by atoms with Gasteiger partial charge in [-0.25, -0.2) is 5.43 Å². The topological polar surface area (TPSA) is 80.2 Å². The zero-order chi connectivity index (χ0) is 20.6. The minimum Gasteiger partial charge on any atom is -0.503 e. The lowest BCUT2D eigenvalue weighted by atomic mass is 10.2. The SMILES string of the molecule is COc1cc(/C=N/NC(=O)c2ccc(OCc3ccccc3)cc2)cc(Br)c1O. The number of aromatic hydroxyl groups is 1. The summed E-state index contributed by atoms with van der Waals surface area (Å²) in [5.41, 5.74) is 4.64. The van der Waals surface area contributed by atoms with Crippen LogP contribution in [0.4, 0.5) is 0 Å². The smallest absolute Gasteiger partial charge is 0.271 e. The van der Waals surface area contributed by atoms with Crippen molar-refractivity contribution in [2.24, 2.45) is 5.10 Å². The maximum atomic E-state index is 12.2. The highest BCUT2D eigenvalue weighted by Crippen LogP contribution is 2.34. The van der Waals surface area contributed by atoms with Gasteiger partial charge in [-0.3, -0.25) is 4.79 Å². The fourth-order valence-electron chi connectivity index (χ4n) is 2.50. The number of carbonyl (C=O) groups excluding carboxylic acids is 1. The number of amides is 1. The largest absolute Gasteiger partial charge is 0.503 e. The van der Waals surface area contributed by atoms with E-state index in [9.17, 15) is 9.90 Å². The highest BCUT2D eigenvalue weighted by molar-refractivity contribution is 9.10. The predicted molar refractivity (Wildman–Crippen MR) is 115 cm³/mol. The lowest BCUT2D eigenvalue weighted by molar-refractivity contribution is 0.0955.